The Hall–Kier alpha value is -0.380. The van der Waals surface area contributed by atoms with Crippen molar-refractivity contribution < 1.29 is 14.9 Å². The summed E-state index contributed by atoms with van der Waals surface area (Å²) in [4.78, 5) is 11.4. The van der Waals surface area contributed by atoms with Gasteiger partial charge in [-0.15, -0.1) is 0 Å². The maximum atomic E-state index is 10.4. The van der Waals surface area contributed by atoms with Gasteiger partial charge >= 0.3 is 0 Å². The van der Waals surface area contributed by atoms with Gasteiger partial charge < -0.3 is 5.11 Å². The number of fused-ring (bicyclic) bond motifs is 6. The fraction of sp³-hybridized carbons (Fsp3) is 0.926. The van der Waals surface area contributed by atoms with Crippen molar-refractivity contribution in [2.75, 3.05) is 0 Å². The molecule has 0 aromatic carbocycles. The van der Waals surface area contributed by atoms with Gasteiger partial charge in [0.15, 0.2) is 0 Å². The Bertz CT molecular complexity index is 694. The van der Waals surface area contributed by atoms with E-state index in [1.807, 2.05) is 0 Å². The standard InChI is InChI=1S/C27H44O3/c1-17(2)7-6-8-18(3)22-11-12-23-21-10-9-19-15-20(28)16-27(29-30-27)26(19,5)24(21)13-14-25(22,23)4/h9,17-18,20-24,28H,6-8,10-16H2,1-5H3/t18-,20+,21+,22-,23+,24+,25-,26+/m1/s1. The Kier molecular flexibility index (Phi) is 5.24. The van der Waals surface area contributed by atoms with E-state index >= 15 is 0 Å². The van der Waals surface area contributed by atoms with Crippen LogP contribution in [-0.4, -0.2) is 17.0 Å². The van der Waals surface area contributed by atoms with Gasteiger partial charge in [-0.05, 0) is 79.4 Å². The summed E-state index contributed by atoms with van der Waals surface area (Å²) in [7, 11) is 0. The number of hydrogen-bond acceptors (Lipinski definition) is 3. The highest BCUT2D eigenvalue weighted by atomic mass is 17.4. The highest BCUT2D eigenvalue weighted by molar-refractivity contribution is 5.30. The number of allylic oxidation sites excluding steroid dienone is 1. The SMILES string of the molecule is CC(C)CCC[C@@H](C)[C@H]1CC[C@H]2[C@@H]3CC=C4C[C@H](O)CC5(OO5)[C@]4(C)[C@H]3CC[C@]12C. The van der Waals surface area contributed by atoms with Gasteiger partial charge in [0.2, 0.25) is 5.79 Å². The molecule has 3 nitrogen and oxygen atoms in total. The first-order valence-electron chi connectivity index (χ1n) is 13.0. The molecule has 1 spiro atoms. The summed E-state index contributed by atoms with van der Waals surface area (Å²) in [6.07, 6.45) is 14.5. The molecule has 1 aliphatic heterocycles. The molecule has 4 fully saturated rings. The van der Waals surface area contributed by atoms with Crippen molar-refractivity contribution in [3.8, 4) is 0 Å². The van der Waals surface area contributed by atoms with Gasteiger partial charge in [-0.3, -0.25) is 0 Å². The van der Waals surface area contributed by atoms with E-state index in [4.69, 9.17) is 9.78 Å². The lowest BCUT2D eigenvalue weighted by molar-refractivity contribution is -0.0921. The molecule has 0 amide bonds. The molecule has 0 radical (unpaired) electrons. The number of aliphatic hydroxyl groups is 1. The zero-order valence-corrected chi connectivity index (χ0v) is 20.0. The molecular weight excluding hydrogens is 372 g/mol. The first-order chi connectivity index (χ1) is 14.2. The molecule has 0 bridgehead atoms. The summed E-state index contributed by atoms with van der Waals surface area (Å²) in [5.41, 5.74) is 1.88. The summed E-state index contributed by atoms with van der Waals surface area (Å²) in [5, 5.41) is 10.4. The van der Waals surface area contributed by atoms with Crippen molar-refractivity contribution >= 4 is 0 Å². The fourth-order valence-electron chi connectivity index (χ4n) is 9.05. The number of hydrogen-bond donors (Lipinski definition) is 1. The Morgan fingerprint density at radius 1 is 1.07 bits per heavy atom. The fourth-order valence-corrected chi connectivity index (χ4v) is 9.05. The van der Waals surface area contributed by atoms with E-state index in [2.05, 4.69) is 40.7 Å². The van der Waals surface area contributed by atoms with Gasteiger partial charge in [-0.1, -0.05) is 65.5 Å². The summed E-state index contributed by atoms with van der Waals surface area (Å²) in [6, 6.07) is 0. The molecule has 8 atom stereocenters. The van der Waals surface area contributed by atoms with Crippen LogP contribution >= 0.6 is 0 Å². The summed E-state index contributed by atoms with van der Waals surface area (Å²) < 4.78 is 0. The van der Waals surface area contributed by atoms with Crippen molar-refractivity contribution in [1.29, 1.82) is 0 Å². The molecule has 0 aromatic rings. The summed E-state index contributed by atoms with van der Waals surface area (Å²) >= 11 is 0. The number of rotatable bonds is 5. The predicted octanol–water partition coefficient (Wildman–Crippen LogP) is 6.66. The lowest BCUT2D eigenvalue weighted by Gasteiger charge is -2.58. The van der Waals surface area contributed by atoms with Crippen LogP contribution in [0.2, 0.25) is 0 Å². The molecule has 0 aromatic heterocycles. The lowest BCUT2D eigenvalue weighted by atomic mass is 9.45. The Morgan fingerprint density at radius 2 is 1.83 bits per heavy atom. The molecule has 1 N–H and O–H groups in total. The van der Waals surface area contributed by atoms with Crippen molar-refractivity contribution in [3.63, 3.8) is 0 Å². The molecule has 1 heterocycles. The minimum Gasteiger partial charge on any atom is -0.393 e. The highest BCUT2D eigenvalue weighted by Crippen LogP contribution is 2.71. The summed E-state index contributed by atoms with van der Waals surface area (Å²) in [6.45, 7) is 12.3. The van der Waals surface area contributed by atoms with Crippen molar-refractivity contribution in [2.45, 2.75) is 111 Å². The van der Waals surface area contributed by atoms with Crippen LogP contribution in [0.3, 0.4) is 0 Å². The van der Waals surface area contributed by atoms with Gasteiger partial charge in [-0.25, -0.2) is 0 Å². The third-order valence-corrected chi connectivity index (χ3v) is 10.7. The van der Waals surface area contributed by atoms with Gasteiger partial charge in [0.05, 0.1) is 11.5 Å². The largest absolute Gasteiger partial charge is 0.393 e. The molecule has 4 aliphatic carbocycles. The second-order valence-corrected chi connectivity index (χ2v) is 12.6. The quantitative estimate of drug-likeness (QED) is 0.310. The molecule has 5 rings (SSSR count). The number of aliphatic hydroxyl groups excluding tert-OH is 1. The van der Waals surface area contributed by atoms with Crippen LogP contribution in [0.25, 0.3) is 0 Å². The van der Waals surface area contributed by atoms with Crippen molar-refractivity contribution in [3.05, 3.63) is 11.6 Å². The second kappa shape index (κ2) is 7.32. The van der Waals surface area contributed by atoms with E-state index in [0.29, 0.717) is 17.8 Å². The van der Waals surface area contributed by atoms with Crippen LogP contribution in [0.4, 0.5) is 0 Å². The van der Waals surface area contributed by atoms with E-state index in [1.165, 1.54) is 56.9 Å². The van der Waals surface area contributed by atoms with E-state index in [9.17, 15) is 5.11 Å². The maximum Gasteiger partial charge on any atom is 0.245 e. The maximum absolute atomic E-state index is 10.4. The Balaban J connectivity index is 1.36. The monoisotopic (exact) mass is 416 g/mol. The first kappa shape index (κ1) is 21.5. The molecule has 30 heavy (non-hydrogen) atoms. The lowest BCUT2D eigenvalue weighted by Crippen LogP contribution is -2.57. The van der Waals surface area contributed by atoms with Gasteiger partial charge in [0.25, 0.3) is 0 Å². The predicted molar refractivity (Wildman–Crippen MR) is 119 cm³/mol. The average molecular weight is 417 g/mol. The van der Waals surface area contributed by atoms with Gasteiger partial charge in [0, 0.05) is 6.42 Å². The van der Waals surface area contributed by atoms with Gasteiger partial charge in [-0.2, -0.15) is 9.78 Å². The average Bonchev–Trinajstić information content (AvgIpc) is 3.35. The minimum atomic E-state index is -0.546. The van der Waals surface area contributed by atoms with Crippen molar-refractivity contribution in [1.82, 2.24) is 0 Å². The highest BCUT2D eigenvalue weighted by Gasteiger charge is 2.72. The Morgan fingerprint density at radius 3 is 2.53 bits per heavy atom. The van der Waals surface area contributed by atoms with E-state index < -0.39 is 5.79 Å². The van der Waals surface area contributed by atoms with Crippen LogP contribution in [0, 0.1) is 46.3 Å². The minimum absolute atomic E-state index is 0.0442. The first-order valence-corrected chi connectivity index (χ1v) is 13.0. The van der Waals surface area contributed by atoms with E-state index in [1.54, 1.807) is 0 Å². The second-order valence-electron chi connectivity index (χ2n) is 12.6. The molecule has 3 saturated carbocycles. The van der Waals surface area contributed by atoms with Crippen LogP contribution in [0.5, 0.6) is 0 Å². The van der Waals surface area contributed by atoms with Gasteiger partial charge in [0.1, 0.15) is 0 Å². The molecule has 3 heteroatoms. The topological polar surface area (TPSA) is 45.3 Å². The smallest absolute Gasteiger partial charge is 0.245 e. The van der Waals surface area contributed by atoms with Crippen LogP contribution in [-0.2, 0) is 9.78 Å². The van der Waals surface area contributed by atoms with E-state index in [0.717, 1.165) is 36.0 Å². The molecule has 0 unspecified atom stereocenters. The third-order valence-electron chi connectivity index (χ3n) is 10.7. The molecule has 5 aliphatic rings. The van der Waals surface area contributed by atoms with E-state index in [-0.39, 0.29) is 11.5 Å². The summed E-state index contributed by atoms with van der Waals surface area (Å²) in [5.74, 6) is 4.26. The normalized spacial score (nSPS) is 47.4. The Labute approximate surface area is 183 Å². The van der Waals surface area contributed by atoms with Crippen LogP contribution in [0.1, 0.15) is 98.8 Å². The zero-order valence-electron chi connectivity index (χ0n) is 20.0. The zero-order chi connectivity index (χ0) is 21.3. The molecule has 1 saturated heterocycles. The van der Waals surface area contributed by atoms with Crippen molar-refractivity contribution in [2.24, 2.45) is 46.3 Å². The third kappa shape index (κ3) is 3.01. The van der Waals surface area contributed by atoms with Crippen LogP contribution in [0.15, 0.2) is 11.6 Å². The van der Waals surface area contributed by atoms with Crippen LogP contribution < -0.4 is 0 Å². The molecular formula is C27H44O3. The molecule has 170 valence electrons.